The summed E-state index contributed by atoms with van der Waals surface area (Å²) in [4.78, 5) is 18.2. The number of hydrogen-bond acceptors (Lipinski definition) is 4. The van der Waals surface area contributed by atoms with E-state index in [-0.39, 0.29) is 6.04 Å². The van der Waals surface area contributed by atoms with Crippen molar-refractivity contribution in [1.82, 2.24) is 9.88 Å². The third-order valence-corrected chi connectivity index (χ3v) is 5.24. The number of nitrogens with zero attached hydrogens (tertiary/aromatic N) is 2. The second kappa shape index (κ2) is 8.06. The molecule has 1 aliphatic heterocycles. The Morgan fingerprint density at radius 3 is 2.85 bits per heavy atom. The molecule has 0 saturated carbocycles. The summed E-state index contributed by atoms with van der Waals surface area (Å²) in [6, 6.07) is 6.65. The van der Waals surface area contributed by atoms with E-state index < -0.39 is 12.0 Å². The van der Waals surface area contributed by atoms with Crippen LogP contribution in [0.1, 0.15) is 42.0 Å². The molecule has 2 atom stereocenters. The summed E-state index contributed by atoms with van der Waals surface area (Å²) in [6.07, 6.45) is 6.07. The van der Waals surface area contributed by atoms with Gasteiger partial charge in [0.1, 0.15) is 11.8 Å². The van der Waals surface area contributed by atoms with Crippen molar-refractivity contribution in [2.24, 2.45) is 0 Å². The van der Waals surface area contributed by atoms with Crippen LogP contribution in [0.4, 0.5) is 0 Å². The summed E-state index contributed by atoms with van der Waals surface area (Å²) in [5, 5.41) is 10.4. The molecule has 1 fully saturated rings. The van der Waals surface area contributed by atoms with Crippen LogP contribution in [0.3, 0.4) is 0 Å². The van der Waals surface area contributed by atoms with E-state index in [4.69, 9.17) is 16.3 Å². The van der Waals surface area contributed by atoms with Crippen molar-refractivity contribution in [3.05, 3.63) is 58.4 Å². The lowest BCUT2D eigenvalue weighted by Crippen LogP contribution is -2.47. The van der Waals surface area contributed by atoms with Gasteiger partial charge >= 0.3 is 5.97 Å². The van der Waals surface area contributed by atoms with Crippen molar-refractivity contribution in [1.29, 1.82) is 0 Å². The van der Waals surface area contributed by atoms with E-state index in [1.807, 2.05) is 25.1 Å². The van der Waals surface area contributed by atoms with E-state index in [1.54, 1.807) is 25.6 Å². The van der Waals surface area contributed by atoms with Crippen LogP contribution in [0, 0.1) is 6.92 Å². The number of rotatable bonds is 5. The summed E-state index contributed by atoms with van der Waals surface area (Å²) >= 11 is 6.28. The van der Waals surface area contributed by atoms with Crippen molar-refractivity contribution in [2.45, 2.75) is 38.3 Å². The van der Waals surface area contributed by atoms with Gasteiger partial charge in [-0.05, 0) is 61.7 Å². The summed E-state index contributed by atoms with van der Waals surface area (Å²) in [5.74, 6) is -0.0901. The predicted molar refractivity (Wildman–Crippen MR) is 101 cm³/mol. The predicted octanol–water partition coefficient (Wildman–Crippen LogP) is 4.08. The van der Waals surface area contributed by atoms with Gasteiger partial charge in [0.15, 0.2) is 0 Å². The lowest BCUT2D eigenvalue weighted by atomic mass is 9.90. The molecule has 2 heterocycles. The number of aromatic nitrogens is 1. The number of aryl methyl sites for hydroxylation is 1. The van der Waals surface area contributed by atoms with Crippen LogP contribution < -0.4 is 4.74 Å². The maximum Gasteiger partial charge on any atom is 0.320 e. The molecular weight excluding hydrogens is 352 g/mol. The molecule has 1 saturated heterocycles. The fraction of sp³-hybridized carbons (Fsp3) is 0.400. The molecule has 5 nitrogen and oxygen atoms in total. The van der Waals surface area contributed by atoms with Gasteiger partial charge in [-0.15, -0.1) is 0 Å². The minimum Gasteiger partial charge on any atom is -0.496 e. The minimum atomic E-state index is -0.789. The first kappa shape index (κ1) is 18.7. The molecule has 0 amide bonds. The number of carbonyl (C=O) groups is 1. The fourth-order valence-electron chi connectivity index (χ4n) is 3.76. The van der Waals surface area contributed by atoms with Crippen LogP contribution in [0.2, 0.25) is 5.02 Å². The zero-order chi connectivity index (χ0) is 18.7. The first-order chi connectivity index (χ1) is 12.5. The molecule has 6 heteroatoms. The van der Waals surface area contributed by atoms with Gasteiger partial charge in [-0.3, -0.25) is 14.7 Å². The number of aliphatic carboxylic acids is 1. The zero-order valence-electron chi connectivity index (χ0n) is 15.0. The van der Waals surface area contributed by atoms with Crippen molar-refractivity contribution in [3.8, 4) is 5.75 Å². The first-order valence-electron chi connectivity index (χ1n) is 8.75. The number of likely N-dealkylation sites (tertiary alicyclic amines) is 1. The third-order valence-electron chi connectivity index (χ3n) is 5.01. The van der Waals surface area contributed by atoms with Crippen LogP contribution >= 0.6 is 11.6 Å². The van der Waals surface area contributed by atoms with Gasteiger partial charge < -0.3 is 9.84 Å². The van der Waals surface area contributed by atoms with Crippen molar-refractivity contribution in [2.75, 3.05) is 13.7 Å². The Hall–Kier alpha value is -2.11. The molecule has 138 valence electrons. The lowest BCUT2D eigenvalue weighted by Gasteiger charge is -2.40. The van der Waals surface area contributed by atoms with Crippen LogP contribution in [-0.2, 0) is 4.79 Å². The molecule has 2 aromatic rings. The van der Waals surface area contributed by atoms with Crippen LogP contribution in [-0.4, -0.2) is 40.7 Å². The lowest BCUT2D eigenvalue weighted by molar-refractivity contribution is -0.145. The highest BCUT2D eigenvalue weighted by Crippen LogP contribution is 2.40. The van der Waals surface area contributed by atoms with Crippen LogP contribution in [0.5, 0.6) is 5.75 Å². The van der Waals surface area contributed by atoms with Gasteiger partial charge in [0, 0.05) is 23.0 Å². The summed E-state index contributed by atoms with van der Waals surface area (Å²) < 4.78 is 5.58. The Labute approximate surface area is 158 Å². The Kier molecular flexibility index (Phi) is 5.79. The van der Waals surface area contributed by atoms with E-state index in [9.17, 15) is 9.90 Å². The quantitative estimate of drug-likeness (QED) is 0.854. The van der Waals surface area contributed by atoms with Gasteiger partial charge in [0.05, 0.1) is 13.2 Å². The van der Waals surface area contributed by atoms with Crippen molar-refractivity contribution in [3.63, 3.8) is 0 Å². The van der Waals surface area contributed by atoms with E-state index in [2.05, 4.69) is 9.88 Å². The minimum absolute atomic E-state index is 0.256. The summed E-state index contributed by atoms with van der Waals surface area (Å²) in [5.41, 5.74) is 2.91. The highest BCUT2D eigenvalue weighted by molar-refractivity contribution is 6.30. The third kappa shape index (κ3) is 3.69. The number of benzene rings is 1. The molecule has 0 bridgehead atoms. The van der Waals surface area contributed by atoms with E-state index in [1.165, 1.54) is 0 Å². The SMILES string of the molecule is COc1ccc(Cl)cc1C(c1ccncc1C)N1CCCCC1C(=O)O. The van der Waals surface area contributed by atoms with Gasteiger partial charge in [-0.2, -0.15) is 0 Å². The van der Waals surface area contributed by atoms with E-state index >= 15 is 0 Å². The highest BCUT2D eigenvalue weighted by Gasteiger charge is 2.36. The molecule has 1 aromatic carbocycles. The van der Waals surface area contributed by atoms with Gasteiger partial charge in [-0.1, -0.05) is 18.0 Å². The molecule has 3 rings (SSSR count). The normalized spacial score (nSPS) is 19.1. The number of methoxy groups -OCH3 is 1. The molecular formula is C20H23ClN2O3. The number of carboxylic acids is 1. The standard InChI is InChI=1S/C20H23ClN2O3/c1-13-12-22-9-8-15(13)19(16-11-14(21)6-7-18(16)26-2)23-10-4-3-5-17(23)20(24)25/h6-9,11-12,17,19H,3-5,10H2,1-2H3,(H,24,25). The van der Waals surface area contributed by atoms with Gasteiger partial charge in [0.25, 0.3) is 0 Å². The number of ether oxygens (including phenoxy) is 1. The number of hydrogen-bond donors (Lipinski definition) is 1. The summed E-state index contributed by atoms with van der Waals surface area (Å²) in [7, 11) is 1.62. The first-order valence-corrected chi connectivity index (χ1v) is 9.13. The smallest absolute Gasteiger partial charge is 0.320 e. The second-order valence-electron chi connectivity index (χ2n) is 6.61. The number of halogens is 1. The Balaban J connectivity index is 2.19. The fourth-order valence-corrected chi connectivity index (χ4v) is 3.94. The average Bonchev–Trinajstić information content (AvgIpc) is 2.64. The number of pyridine rings is 1. The number of piperidine rings is 1. The molecule has 2 unspecified atom stereocenters. The topological polar surface area (TPSA) is 62.7 Å². The van der Waals surface area contributed by atoms with Gasteiger partial charge in [-0.25, -0.2) is 0 Å². The Morgan fingerprint density at radius 2 is 2.15 bits per heavy atom. The summed E-state index contributed by atoms with van der Waals surface area (Å²) in [6.45, 7) is 2.70. The zero-order valence-corrected chi connectivity index (χ0v) is 15.7. The van der Waals surface area contributed by atoms with E-state index in [0.29, 0.717) is 23.7 Å². The maximum atomic E-state index is 11.9. The van der Waals surface area contributed by atoms with E-state index in [0.717, 1.165) is 29.5 Å². The Bertz CT molecular complexity index is 796. The Morgan fingerprint density at radius 1 is 1.35 bits per heavy atom. The van der Waals surface area contributed by atoms with Crippen LogP contribution in [0.25, 0.3) is 0 Å². The molecule has 1 aromatic heterocycles. The van der Waals surface area contributed by atoms with Crippen molar-refractivity contribution >= 4 is 17.6 Å². The molecule has 0 spiro atoms. The molecule has 0 aliphatic carbocycles. The maximum absolute atomic E-state index is 11.9. The van der Waals surface area contributed by atoms with Crippen LogP contribution in [0.15, 0.2) is 36.7 Å². The van der Waals surface area contributed by atoms with Gasteiger partial charge in [0.2, 0.25) is 0 Å². The molecule has 1 aliphatic rings. The average molecular weight is 375 g/mol. The van der Waals surface area contributed by atoms with Crippen molar-refractivity contribution < 1.29 is 14.6 Å². The number of carboxylic acid groups (broad SMARTS) is 1. The molecule has 1 N–H and O–H groups in total. The molecule has 0 radical (unpaired) electrons. The monoisotopic (exact) mass is 374 g/mol. The highest BCUT2D eigenvalue weighted by atomic mass is 35.5. The largest absolute Gasteiger partial charge is 0.496 e. The second-order valence-corrected chi connectivity index (χ2v) is 7.05. The molecule has 26 heavy (non-hydrogen) atoms.